The van der Waals surface area contributed by atoms with E-state index in [0.717, 1.165) is 25.2 Å². The predicted octanol–water partition coefficient (Wildman–Crippen LogP) is 2.23. The molecule has 0 aromatic heterocycles. The third kappa shape index (κ3) is 2.00. The van der Waals surface area contributed by atoms with E-state index < -0.39 is 0 Å². The van der Waals surface area contributed by atoms with Crippen molar-refractivity contribution >= 4 is 0 Å². The Labute approximate surface area is 97.0 Å². The van der Waals surface area contributed by atoms with Crippen molar-refractivity contribution in [3.8, 4) is 0 Å². The van der Waals surface area contributed by atoms with Gasteiger partial charge in [-0.15, -0.1) is 0 Å². The summed E-state index contributed by atoms with van der Waals surface area (Å²) in [5, 5.41) is 3.64. The lowest BCUT2D eigenvalue weighted by atomic mass is 9.75. The zero-order valence-corrected chi connectivity index (χ0v) is 9.78. The van der Waals surface area contributed by atoms with Crippen molar-refractivity contribution < 1.29 is 4.74 Å². The van der Waals surface area contributed by atoms with Crippen molar-refractivity contribution in [2.24, 2.45) is 0 Å². The Morgan fingerprint density at radius 1 is 1.06 bits per heavy atom. The summed E-state index contributed by atoms with van der Waals surface area (Å²) < 4.78 is 5.17. The van der Waals surface area contributed by atoms with Gasteiger partial charge in [0, 0.05) is 6.04 Å². The lowest BCUT2D eigenvalue weighted by molar-refractivity contribution is -0.0157. The molecule has 1 saturated carbocycles. The molecule has 0 radical (unpaired) electrons. The minimum Gasteiger partial charge on any atom is -0.378 e. The molecular formula is C14H19NO. The molecule has 2 heteroatoms. The van der Waals surface area contributed by atoms with Gasteiger partial charge in [0.25, 0.3) is 0 Å². The molecule has 1 aromatic carbocycles. The highest BCUT2D eigenvalue weighted by Crippen LogP contribution is 2.37. The van der Waals surface area contributed by atoms with Crippen LogP contribution in [0.25, 0.3) is 0 Å². The molecule has 16 heavy (non-hydrogen) atoms. The van der Waals surface area contributed by atoms with Gasteiger partial charge < -0.3 is 10.1 Å². The van der Waals surface area contributed by atoms with Crippen LogP contribution in [0.4, 0.5) is 0 Å². The van der Waals surface area contributed by atoms with Crippen LogP contribution < -0.4 is 5.32 Å². The van der Waals surface area contributed by atoms with E-state index >= 15 is 0 Å². The fourth-order valence-corrected chi connectivity index (χ4v) is 2.53. The van der Waals surface area contributed by atoms with E-state index in [0.29, 0.717) is 6.04 Å². The molecule has 0 amide bonds. The molecule has 2 fully saturated rings. The van der Waals surface area contributed by atoms with Crippen molar-refractivity contribution in [3.63, 3.8) is 0 Å². The molecule has 0 unspecified atom stereocenters. The number of aryl methyl sites for hydroxylation is 1. The van der Waals surface area contributed by atoms with Crippen LogP contribution in [-0.4, -0.2) is 25.3 Å². The molecule has 0 spiro atoms. The second-order valence-corrected chi connectivity index (χ2v) is 5.18. The van der Waals surface area contributed by atoms with Crippen LogP contribution in [0.5, 0.6) is 0 Å². The number of ether oxygens (including phenoxy) is 1. The first kappa shape index (κ1) is 10.3. The summed E-state index contributed by atoms with van der Waals surface area (Å²) in [5.74, 6) is 0.777. The van der Waals surface area contributed by atoms with Crippen molar-refractivity contribution in [2.75, 3.05) is 13.2 Å². The van der Waals surface area contributed by atoms with Crippen molar-refractivity contribution in [2.45, 2.75) is 37.8 Å². The predicted molar refractivity (Wildman–Crippen MR) is 64.7 cm³/mol. The Morgan fingerprint density at radius 3 is 2.31 bits per heavy atom. The monoisotopic (exact) mass is 217 g/mol. The second-order valence-electron chi connectivity index (χ2n) is 5.18. The minimum absolute atomic E-state index is 0.629. The zero-order chi connectivity index (χ0) is 11.0. The van der Waals surface area contributed by atoms with E-state index in [1.807, 2.05) is 0 Å². The van der Waals surface area contributed by atoms with E-state index in [1.54, 1.807) is 0 Å². The van der Waals surface area contributed by atoms with Gasteiger partial charge in [-0.2, -0.15) is 0 Å². The summed E-state index contributed by atoms with van der Waals surface area (Å²) >= 11 is 0. The molecule has 1 aromatic rings. The van der Waals surface area contributed by atoms with Crippen LogP contribution in [0.1, 0.15) is 29.9 Å². The first-order chi connectivity index (χ1) is 7.81. The summed E-state index contributed by atoms with van der Waals surface area (Å²) in [6.45, 7) is 3.96. The van der Waals surface area contributed by atoms with E-state index in [2.05, 4.69) is 36.5 Å². The first-order valence-corrected chi connectivity index (χ1v) is 6.21. The molecule has 2 aliphatic rings. The lowest BCUT2D eigenvalue weighted by Crippen LogP contribution is -2.53. The standard InChI is InChI=1S/C14H19NO/c1-10-2-4-11(5-3-10)12-6-13(7-12)15-14-8-16-9-14/h2-5,12-15H,6-9H2,1H3. The minimum atomic E-state index is 0.629. The number of benzene rings is 1. The first-order valence-electron chi connectivity index (χ1n) is 6.21. The van der Waals surface area contributed by atoms with E-state index in [9.17, 15) is 0 Å². The molecule has 3 rings (SSSR count). The molecule has 1 N–H and O–H groups in total. The van der Waals surface area contributed by atoms with Crippen LogP contribution in [0.3, 0.4) is 0 Å². The molecule has 1 aliphatic carbocycles. The largest absolute Gasteiger partial charge is 0.378 e. The topological polar surface area (TPSA) is 21.3 Å². The van der Waals surface area contributed by atoms with Gasteiger partial charge in [-0.3, -0.25) is 0 Å². The van der Waals surface area contributed by atoms with Gasteiger partial charge in [0.05, 0.1) is 19.3 Å². The molecule has 0 atom stereocenters. The normalized spacial score (nSPS) is 29.6. The summed E-state index contributed by atoms with van der Waals surface area (Å²) in [4.78, 5) is 0. The van der Waals surface area contributed by atoms with Gasteiger partial charge >= 0.3 is 0 Å². The van der Waals surface area contributed by atoms with Crippen LogP contribution >= 0.6 is 0 Å². The van der Waals surface area contributed by atoms with Gasteiger partial charge in [0.1, 0.15) is 0 Å². The Hall–Kier alpha value is -0.860. The SMILES string of the molecule is Cc1ccc(C2CC(NC3COC3)C2)cc1. The fourth-order valence-electron chi connectivity index (χ4n) is 2.53. The maximum absolute atomic E-state index is 5.17. The van der Waals surface area contributed by atoms with Gasteiger partial charge in [-0.25, -0.2) is 0 Å². The average Bonchev–Trinajstić information content (AvgIpc) is 2.15. The van der Waals surface area contributed by atoms with Crippen molar-refractivity contribution in [1.82, 2.24) is 5.32 Å². The third-order valence-electron chi connectivity index (χ3n) is 3.80. The van der Waals surface area contributed by atoms with E-state index in [-0.39, 0.29) is 0 Å². The highest BCUT2D eigenvalue weighted by molar-refractivity contribution is 5.26. The average molecular weight is 217 g/mol. The second kappa shape index (κ2) is 4.19. The Morgan fingerprint density at radius 2 is 1.75 bits per heavy atom. The number of nitrogens with one attached hydrogen (secondary N) is 1. The molecule has 2 nitrogen and oxygen atoms in total. The van der Waals surface area contributed by atoms with Crippen LogP contribution in [0, 0.1) is 6.92 Å². The lowest BCUT2D eigenvalue weighted by Gasteiger charge is -2.41. The van der Waals surface area contributed by atoms with E-state index in [4.69, 9.17) is 4.74 Å². The van der Waals surface area contributed by atoms with E-state index in [1.165, 1.54) is 24.0 Å². The summed E-state index contributed by atoms with van der Waals surface area (Å²) in [6, 6.07) is 10.3. The smallest absolute Gasteiger partial charge is 0.0643 e. The highest BCUT2D eigenvalue weighted by atomic mass is 16.5. The molecular weight excluding hydrogens is 198 g/mol. The zero-order valence-electron chi connectivity index (χ0n) is 9.78. The van der Waals surface area contributed by atoms with Gasteiger partial charge in [-0.1, -0.05) is 29.8 Å². The summed E-state index contributed by atoms with van der Waals surface area (Å²) in [5.41, 5.74) is 2.86. The number of hydrogen-bond donors (Lipinski definition) is 1. The Bertz CT molecular complexity index is 350. The van der Waals surface area contributed by atoms with Crippen LogP contribution in [-0.2, 0) is 4.74 Å². The van der Waals surface area contributed by atoms with Gasteiger partial charge in [-0.05, 0) is 31.2 Å². The summed E-state index contributed by atoms with van der Waals surface area (Å²) in [7, 11) is 0. The molecule has 0 bridgehead atoms. The summed E-state index contributed by atoms with van der Waals surface area (Å²) in [6.07, 6.45) is 2.58. The van der Waals surface area contributed by atoms with Gasteiger partial charge in [0.15, 0.2) is 0 Å². The van der Waals surface area contributed by atoms with Crippen molar-refractivity contribution in [1.29, 1.82) is 0 Å². The maximum atomic E-state index is 5.17. The quantitative estimate of drug-likeness (QED) is 0.838. The third-order valence-corrected chi connectivity index (χ3v) is 3.80. The Balaban J connectivity index is 1.50. The number of rotatable bonds is 3. The van der Waals surface area contributed by atoms with Crippen LogP contribution in [0.15, 0.2) is 24.3 Å². The Kier molecular flexibility index (Phi) is 2.70. The molecule has 1 aliphatic heterocycles. The molecule has 1 saturated heterocycles. The van der Waals surface area contributed by atoms with Gasteiger partial charge in [0.2, 0.25) is 0 Å². The number of hydrogen-bond acceptors (Lipinski definition) is 2. The maximum Gasteiger partial charge on any atom is 0.0643 e. The van der Waals surface area contributed by atoms with Crippen LogP contribution in [0.2, 0.25) is 0 Å². The molecule has 86 valence electrons. The fraction of sp³-hybridized carbons (Fsp3) is 0.571. The highest BCUT2D eigenvalue weighted by Gasteiger charge is 2.33. The molecule has 1 heterocycles. The van der Waals surface area contributed by atoms with Crippen molar-refractivity contribution in [3.05, 3.63) is 35.4 Å².